The Balaban J connectivity index is 0.000000753. The highest BCUT2D eigenvalue weighted by Gasteiger charge is 2.14. The molecule has 0 saturated heterocycles. The number of anilines is 1. The average molecular weight is 307 g/mol. The van der Waals surface area contributed by atoms with E-state index < -0.39 is 0 Å². The lowest BCUT2D eigenvalue weighted by Gasteiger charge is -2.00. The third-order valence-electron chi connectivity index (χ3n) is 3.39. The van der Waals surface area contributed by atoms with Gasteiger partial charge in [0.25, 0.3) is 0 Å². The first-order chi connectivity index (χ1) is 11.3. The van der Waals surface area contributed by atoms with E-state index in [-0.39, 0.29) is 11.6 Å². The summed E-state index contributed by atoms with van der Waals surface area (Å²) >= 11 is 0. The van der Waals surface area contributed by atoms with Crippen molar-refractivity contribution in [3.8, 4) is 5.69 Å². The molecule has 0 aliphatic carbocycles. The van der Waals surface area contributed by atoms with Gasteiger partial charge in [-0.3, -0.25) is 0 Å². The second kappa shape index (κ2) is 5.92. The van der Waals surface area contributed by atoms with Crippen LogP contribution in [0.15, 0.2) is 59.4 Å². The molecular weight excluding hydrogens is 290 g/mol. The molecule has 23 heavy (non-hydrogen) atoms. The predicted octanol–water partition coefficient (Wildman–Crippen LogP) is 2.64. The van der Waals surface area contributed by atoms with Crippen LogP contribution in [0.3, 0.4) is 0 Å². The Morgan fingerprint density at radius 1 is 0.957 bits per heavy atom. The maximum Gasteiger partial charge on any atom is 0.358 e. The number of hydrogen-bond acceptors (Lipinski definition) is 4. The fourth-order valence-electron chi connectivity index (χ4n) is 2.42. The Kier molecular flexibility index (Phi) is 3.80. The molecule has 4 aromatic rings. The standard InChI is InChI=1S/C15H11N5O.C2H6/c16-14-17-12-9-5-4-8-11(12)13-18-20(15(21)19(13)14)10-6-2-1-3-7-10;1-2/h1-9H,(H2,16,17);1-2H3. The lowest BCUT2D eigenvalue weighted by atomic mass is 10.2. The predicted molar refractivity (Wildman–Crippen MR) is 91.9 cm³/mol. The van der Waals surface area contributed by atoms with Crippen molar-refractivity contribution in [1.82, 2.24) is 19.2 Å². The molecule has 0 aliphatic heterocycles. The zero-order valence-corrected chi connectivity index (χ0v) is 13.0. The van der Waals surface area contributed by atoms with Crippen LogP contribution in [0.2, 0.25) is 0 Å². The molecule has 0 atom stereocenters. The van der Waals surface area contributed by atoms with Crippen LogP contribution in [-0.2, 0) is 0 Å². The van der Waals surface area contributed by atoms with E-state index in [9.17, 15) is 4.79 Å². The lowest BCUT2D eigenvalue weighted by Crippen LogP contribution is -2.21. The van der Waals surface area contributed by atoms with Gasteiger partial charge in [-0.05, 0) is 24.3 Å². The summed E-state index contributed by atoms with van der Waals surface area (Å²) in [6.45, 7) is 4.00. The minimum Gasteiger partial charge on any atom is -0.369 e. The average Bonchev–Trinajstić information content (AvgIpc) is 2.96. The number of aromatic nitrogens is 4. The molecule has 0 saturated carbocycles. The summed E-state index contributed by atoms with van der Waals surface area (Å²) in [4.78, 5) is 16.8. The maximum absolute atomic E-state index is 12.5. The molecule has 0 fully saturated rings. The van der Waals surface area contributed by atoms with Crippen molar-refractivity contribution in [2.45, 2.75) is 13.8 Å². The first-order valence-corrected chi connectivity index (χ1v) is 7.47. The quantitative estimate of drug-likeness (QED) is 0.586. The van der Waals surface area contributed by atoms with Gasteiger partial charge in [-0.1, -0.05) is 44.2 Å². The van der Waals surface area contributed by atoms with Crippen LogP contribution in [0.1, 0.15) is 13.8 Å². The zero-order chi connectivity index (χ0) is 16.4. The van der Waals surface area contributed by atoms with E-state index in [1.807, 2.05) is 68.4 Å². The van der Waals surface area contributed by atoms with Crippen molar-refractivity contribution in [3.63, 3.8) is 0 Å². The Hall–Kier alpha value is -3.15. The molecule has 0 spiro atoms. The summed E-state index contributed by atoms with van der Waals surface area (Å²) in [5.41, 5.74) is 7.50. The van der Waals surface area contributed by atoms with Gasteiger partial charge in [0.1, 0.15) is 0 Å². The highest BCUT2D eigenvalue weighted by atomic mass is 16.2. The van der Waals surface area contributed by atoms with E-state index in [0.717, 1.165) is 5.39 Å². The van der Waals surface area contributed by atoms with Gasteiger partial charge in [-0.15, -0.1) is 5.10 Å². The van der Waals surface area contributed by atoms with Crippen LogP contribution in [0.25, 0.3) is 22.2 Å². The minimum absolute atomic E-state index is 0.135. The number of nitrogens with zero attached hydrogens (tertiary/aromatic N) is 4. The second-order valence-corrected chi connectivity index (χ2v) is 4.68. The molecule has 0 bridgehead atoms. The Bertz CT molecular complexity index is 1020. The lowest BCUT2D eigenvalue weighted by molar-refractivity contribution is 0.838. The molecule has 4 rings (SSSR count). The molecule has 2 heterocycles. The van der Waals surface area contributed by atoms with Crippen LogP contribution >= 0.6 is 0 Å². The van der Waals surface area contributed by atoms with Gasteiger partial charge in [-0.25, -0.2) is 14.2 Å². The van der Waals surface area contributed by atoms with Gasteiger partial charge in [0.15, 0.2) is 5.65 Å². The summed E-state index contributed by atoms with van der Waals surface area (Å²) in [7, 11) is 0. The van der Waals surface area contributed by atoms with Crippen molar-refractivity contribution in [2.24, 2.45) is 0 Å². The Morgan fingerprint density at radius 2 is 1.61 bits per heavy atom. The first-order valence-electron chi connectivity index (χ1n) is 7.47. The van der Waals surface area contributed by atoms with Crippen molar-refractivity contribution >= 4 is 22.5 Å². The number of benzene rings is 2. The molecule has 6 heteroatoms. The van der Waals surface area contributed by atoms with Gasteiger partial charge in [0, 0.05) is 5.39 Å². The maximum atomic E-state index is 12.5. The molecule has 2 aromatic carbocycles. The second-order valence-electron chi connectivity index (χ2n) is 4.68. The number of hydrogen-bond donors (Lipinski definition) is 1. The van der Waals surface area contributed by atoms with Crippen LogP contribution in [0.5, 0.6) is 0 Å². The normalized spacial score (nSPS) is 10.5. The molecule has 6 nitrogen and oxygen atoms in total. The van der Waals surface area contributed by atoms with E-state index in [1.54, 1.807) is 0 Å². The van der Waals surface area contributed by atoms with E-state index in [0.29, 0.717) is 16.9 Å². The van der Waals surface area contributed by atoms with E-state index in [4.69, 9.17) is 5.73 Å². The first kappa shape index (κ1) is 14.8. The third kappa shape index (κ3) is 2.34. The van der Waals surface area contributed by atoms with Gasteiger partial charge in [0.05, 0.1) is 11.2 Å². The summed E-state index contributed by atoms with van der Waals surface area (Å²) in [5.74, 6) is 0.135. The molecule has 0 unspecified atom stereocenters. The van der Waals surface area contributed by atoms with E-state index in [1.165, 1.54) is 9.08 Å². The van der Waals surface area contributed by atoms with Crippen molar-refractivity contribution in [3.05, 3.63) is 65.1 Å². The van der Waals surface area contributed by atoms with Crippen molar-refractivity contribution < 1.29 is 0 Å². The van der Waals surface area contributed by atoms with Crippen LogP contribution in [0, 0.1) is 0 Å². The fourth-order valence-corrected chi connectivity index (χ4v) is 2.42. The van der Waals surface area contributed by atoms with Crippen LogP contribution in [-0.4, -0.2) is 19.2 Å². The minimum atomic E-state index is -0.327. The third-order valence-corrected chi connectivity index (χ3v) is 3.39. The van der Waals surface area contributed by atoms with Crippen LogP contribution < -0.4 is 11.4 Å². The van der Waals surface area contributed by atoms with Crippen molar-refractivity contribution in [2.75, 3.05) is 5.73 Å². The molecule has 0 aliphatic rings. The summed E-state index contributed by atoms with van der Waals surface area (Å²) in [6.07, 6.45) is 0. The number of nitrogens with two attached hydrogens (primary N) is 1. The molecule has 0 radical (unpaired) electrons. The summed E-state index contributed by atoms with van der Waals surface area (Å²) < 4.78 is 2.66. The smallest absolute Gasteiger partial charge is 0.358 e. The van der Waals surface area contributed by atoms with Crippen molar-refractivity contribution in [1.29, 1.82) is 0 Å². The highest BCUT2D eigenvalue weighted by molar-refractivity contribution is 5.92. The largest absolute Gasteiger partial charge is 0.369 e. The molecule has 0 amide bonds. The van der Waals surface area contributed by atoms with E-state index in [2.05, 4.69) is 10.1 Å². The highest BCUT2D eigenvalue weighted by Crippen LogP contribution is 2.18. The molecule has 2 N–H and O–H groups in total. The number of nitrogen functional groups attached to an aromatic ring is 1. The number of rotatable bonds is 1. The number of fused-ring (bicyclic) bond motifs is 3. The van der Waals surface area contributed by atoms with Gasteiger partial charge >= 0.3 is 5.69 Å². The van der Waals surface area contributed by atoms with Gasteiger partial charge in [-0.2, -0.15) is 4.68 Å². The zero-order valence-electron chi connectivity index (χ0n) is 13.0. The van der Waals surface area contributed by atoms with E-state index >= 15 is 0 Å². The molecular formula is C17H17N5O. The summed E-state index contributed by atoms with van der Waals surface area (Å²) in [6, 6.07) is 16.7. The Morgan fingerprint density at radius 3 is 2.35 bits per heavy atom. The monoisotopic (exact) mass is 307 g/mol. The topological polar surface area (TPSA) is 78.2 Å². The summed E-state index contributed by atoms with van der Waals surface area (Å²) in [5, 5.41) is 5.21. The SMILES string of the molecule is CC.Nc1nc2ccccc2c2nn(-c3ccccc3)c(=O)n12. The fraction of sp³-hybridized carbons (Fsp3) is 0.118. The molecule has 116 valence electrons. The number of para-hydroxylation sites is 2. The van der Waals surface area contributed by atoms with Gasteiger partial charge < -0.3 is 5.73 Å². The van der Waals surface area contributed by atoms with Crippen LogP contribution in [0.4, 0.5) is 5.95 Å². The van der Waals surface area contributed by atoms with Gasteiger partial charge in [0.2, 0.25) is 5.95 Å². The Labute approximate surface area is 132 Å². The molecule has 2 aromatic heterocycles.